The maximum absolute atomic E-state index is 12.1. The van der Waals surface area contributed by atoms with E-state index in [-0.39, 0.29) is 5.02 Å². The highest BCUT2D eigenvalue weighted by atomic mass is 35.5. The Hall–Kier alpha value is -1.48. The average Bonchev–Trinajstić information content (AvgIpc) is 2.42. The summed E-state index contributed by atoms with van der Waals surface area (Å²) in [6.45, 7) is 0. The first-order valence-electron chi connectivity index (χ1n) is 5.74. The third kappa shape index (κ3) is 2.31. The molecule has 2 aromatic carbocycles. The van der Waals surface area contributed by atoms with Crippen LogP contribution in [0.4, 0.5) is 0 Å². The highest BCUT2D eigenvalue weighted by molar-refractivity contribution is 6.45. The Kier molecular flexibility index (Phi) is 3.47. The molecule has 20 heavy (non-hydrogen) atoms. The standard InChI is InChI=1S/C15H7Cl3O2/c16-9-6-10(14(18)12(17)7-9)11-5-8-3-1-2-4-13(8)20-15(11)19/h1-7H. The lowest BCUT2D eigenvalue weighted by Crippen LogP contribution is -2.03. The second kappa shape index (κ2) is 5.13. The Bertz CT molecular complexity index is 869. The minimum Gasteiger partial charge on any atom is -0.422 e. The van der Waals surface area contributed by atoms with Gasteiger partial charge in [-0.3, -0.25) is 0 Å². The molecule has 0 aliphatic carbocycles. The van der Waals surface area contributed by atoms with Crippen LogP contribution in [0.5, 0.6) is 0 Å². The van der Waals surface area contributed by atoms with Crippen molar-refractivity contribution in [2.45, 2.75) is 0 Å². The number of benzene rings is 2. The van der Waals surface area contributed by atoms with Gasteiger partial charge in [-0.15, -0.1) is 0 Å². The summed E-state index contributed by atoms with van der Waals surface area (Å²) in [5.74, 6) is 0. The van der Waals surface area contributed by atoms with E-state index in [1.807, 2.05) is 12.1 Å². The van der Waals surface area contributed by atoms with Crippen LogP contribution >= 0.6 is 34.8 Å². The highest BCUT2D eigenvalue weighted by Crippen LogP contribution is 2.35. The molecular weight excluding hydrogens is 319 g/mol. The van der Waals surface area contributed by atoms with Crippen molar-refractivity contribution in [3.8, 4) is 11.1 Å². The minimum atomic E-state index is -0.482. The minimum absolute atomic E-state index is 0.277. The molecule has 3 rings (SSSR count). The van der Waals surface area contributed by atoms with Gasteiger partial charge >= 0.3 is 5.63 Å². The number of para-hydroxylation sites is 1. The fourth-order valence-electron chi connectivity index (χ4n) is 2.00. The number of halogens is 3. The van der Waals surface area contributed by atoms with Crippen LogP contribution < -0.4 is 5.63 Å². The molecule has 0 spiro atoms. The quantitative estimate of drug-likeness (QED) is 0.442. The van der Waals surface area contributed by atoms with E-state index in [0.717, 1.165) is 5.39 Å². The van der Waals surface area contributed by atoms with Crippen LogP contribution in [0.3, 0.4) is 0 Å². The summed E-state index contributed by atoms with van der Waals surface area (Å²) in [7, 11) is 0. The third-order valence-electron chi connectivity index (χ3n) is 2.92. The molecule has 0 radical (unpaired) electrons. The van der Waals surface area contributed by atoms with E-state index in [1.165, 1.54) is 6.07 Å². The van der Waals surface area contributed by atoms with Gasteiger partial charge in [-0.05, 0) is 24.3 Å². The summed E-state index contributed by atoms with van der Waals surface area (Å²) in [6.07, 6.45) is 0. The van der Waals surface area contributed by atoms with Crippen molar-refractivity contribution in [2.24, 2.45) is 0 Å². The van der Waals surface area contributed by atoms with Crippen molar-refractivity contribution in [2.75, 3.05) is 0 Å². The van der Waals surface area contributed by atoms with E-state index >= 15 is 0 Å². The zero-order valence-corrected chi connectivity index (χ0v) is 12.3. The maximum atomic E-state index is 12.1. The topological polar surface area (TPSA) is 30.2 Å². The second-order valence-electron chi connectivity index (χ2n) is 4.23. The van der Waals surface area contributed by atoms with Crippen molar-refractivity contribution in [1.82, 2.24) is 0 Å². The van der Waals surface area contributed by atoms with Gasteiger partial charge in [0.2, 0.25) is 0 Å². The molecule has 100 valence electrons. The first-order valence-corrected chi connectivity index (χ1v) is 6.87. The van der Waals surface area contributed by atoms with E-state index in [0.29, 0.717) is 26.8 Å². The molecule has 0 aliphatic rings. The van der Waals surface area contributed by atoms with Crippen molar-refractivity contribution in [3.05, 3.63) is 68.0 Å². The zero-order valence-electron chi connectivity index (χ0n) is 9.99. The van der Waals surface area contributed by atoms with E-state index in [9.17, 15) is 4.79 Å². The van der Waals surface area contributed by atoms with Crippen LogP contribution in [-0.2, 0) is 0 Å². The SMILES string of the molecule is O=c1oc2ccccc2cc1-c1cc(Cl)cc(Cl)c1Cl. The van der Waals surface area contributed by atoms with E-state index in [4.69, 9.17) is 39.2 Å². The maximum Gasteiger partial charge on any atom is 0.344 e. The molecule has 5 heteroatoms. The van der Waals surface area contributed by atoms with Crippen molar-refractivity contribution >= 4 is 45.8 Å². The summed E-state index contributed by atoms with van der Waals surface area (Å²) in [4.78, 5) is 12.1. The summed E-state index contributed by atoms with van der Waals surface area (Å²) in [5.41, 5.74) is 0.830. The van der Waals surface area contributed by atoms with Crippen LogP contribution in [0, 0.1) is 0 Å². The highest BCUT2D eigenvalue weighted by Gasteiger charge is 2.14. The molecule has 0 saturated heterocycles. The molecule has 0 amide bonds. The van der Waals surface area contributed by atoms with E-state index < -0.39 is 5.63 Å². The van der Waals surface area contributed by atoms with E-state index in [1.54, 1.807) is 24.3 Å². The number of hydrogen-bond donors (Lipinski definition) is 0. The average molecular weight is 326 g/mol. The molecule has 0 fully saturated rings. The van der Waals surface area contributed by atoms with Crippen LogP contribution in [0.15, 0.2) is 51.7 Å². The Labute approximate surface area is 129 Å². The Morgan fingerprint density at radius 3 is 2.45 bits per heavy atom. The first-order chi connectivity index (χ1) is 9.56. The molecule has 3 aromatic rings. The van der Waals surface area contributed by atoms with Crippen LogP contribution in [0.1, 0.15) is 0 Å². The summed E-state index contributed by atoms with van der Waals surface area (Å²) >= 11 is 18.1. The van der Waals surface area contributed by atoms with Gasteiger partial charge in [-0.25, -0.2) is 4.79 Å². The first kappa shape index (κ1) is 13.5. The predicted octanol–water partition coefficient (Wildman–Crippen LogP) is 5.42. The largest absolute Gasteiger partial charge is 0.422 e. The lowest BCUT2D eigenvalue weighted by molar-refractivity contribution is 0.563. The number of rotatable bonds is 1. The lowest BCUT2D eigenvalue weighted by atomic mass is 10.1. The van der Waals surface area contributed by atoms with E-state index in [2.05, 4.69) is 0 Å². The summed E-state index contributed by atoms with van der Waals surface area (Å²) in [5, 5.41) is 1.77. The number of fused-ring (bicyclic) bond motifs is 1. The van der Waals surface area contributed by atoms with Gasteiger partial charge in [0.25, 0.3) is 0 Å². The van der Waals surface area contributed by atoms with Crippen molar-refractivity contribution in [1.29, 1.82) is 0 Å². The van der Waals surface area contributed by atoms with Crippen molar-refractivity contribution in [3.63, 3.8) is 0 Å². The van der Waals surface area contributed by atoms with Gasteiger partial charge in [0.1, 0.15) is 5.58 Å². The smallest absolute Gasteiger partial charge is 0.344 e. The second-order valence-corrected chi connectivity index (χ2v) is 5.46. The molecule has 1 heterocycles. The Morgan fingerprint density at radius 2 is 1.65 bits per heavy atom. The molecule has 2 nitrogen and oxygen atoms in total. The Balaban J connectivity index is 2.35. The van der Waals surface area contributed by atoms with Gasteiger partial charge in [0, 0.05) is 16.0 Å². The van der Waals surface area contributed by atoms with Gasteiger partial charge in [-0.2, -0.15) is 0 Å². The lowest BCUT2D eigenvalue weighted by Gasteiger charge is -2.07. The molecule has 0 atom stereocenters. The normalized spacial score (nSPS) is 10.9. The third-order valence-corrected chi connectivity index (χ3v) is 3.94. The van der Waals surface area contributed by atoms with Crippen LogP contribution in [0.25, 0.3) is 22.1 Å². The molecule has 0 saturated carbocycles. The summed E-state index contributed by atoms with van der Waals surface area (Å²) in [6, 6.07) is 12.1. The van der Waals surface area contributed by atoms with Gasteiger partial charge in [0.05, 0.1) is 15.6 Å². The molecule has 0 unspecified atom stereocenters. The van der Waals surface area contributed by atoms with Crippen LogP contribution in [0.2, 0.25) is 15.1 Å². The number of hydrogen-bond acceptors (Lipinski definition) is 2. The predicted molar refractivity (Wildman–Crippen MR) is 83.0 cm³/mol. The Morgan fingerprint density at radius 1 is 0.900 bits per heavy atom. The fraction of sp³-hybridized carbons (Fsp3) is 0. The molecule has 1 aromatic heterocycles. The van der Waals surface area contributed by atoms with Crippen LogP contribution in [-0.4, -0.2) is 0 Å². The fourth-order valence-corrected chi connectivity index (χ4v) is 2.71. The molecule has 0 N–H and O–H groups in total. The molecule has 0 aliphatic heterocycles. The molecular formula is C15H7Cl3O2. The molecule has 0 bridgehead atoms. The zero-order chi connectivity index (χ0) is 14.3. The summed E-state index contributed by atoms with van der Waals surface area (Å²) < 4.78 is 5.28. The van der Waals surface area contributed by atoms with Gasteiger partial charge < -0.3 is 4.42 Å². The van der Waals surface area contributed by atoms with Gasteiger partial charge in [-0.1, -0.05) is 53.0 Å². The monoisotopic (exact) mass is 324 g/mol. The van der Waals surface area contributed by atoms with Crippen molar-refractivity contribution < 1.29 is 4.42 Å². The van der Waals surface area contributed by atoms with Gasteiger partial charge in [0.15, 0.2) is 0 Å².